The van der Waals surface area contributed by atoms with Gasteiger partial charge in [-0.2, -0.15) is 13.2 Å². The van der Waals surface area contributed by atoms with Gasteiger partial charge in [-0.1, -0.05) is 18.2 Å². The normalized spacial score (nSPS) is 24.4. The van der Waals surface area contributed by atoms with Crippen molar-refractivity contribution >= 4 is 0 Å². The predicted octanol–water partition coefficient (Wildman–Crippen LogP) is 3.10. The number of aliphatic hydroxyl groups is 1. The molecule has 1 saturated carbocycles. The number of aliphatic hydroxyl groups excluding tert-OH is 1. The summed E-state index contributed by atoms with van der Waals surface area (Å²) in [6.45, 7) is 0.435. The first-order valence-corrected chi connectivity index (χ1v) is 6.53. The van der Waals surface area contributed by atoms with Crippen LogP contribution in [-0.4, -0.2) is 17.3 Å². The minimum absolute atomic E-state index is 0.216. The second-order valence-electron chi connectivity index (χ2n) is 5.08. The largest absolute Gasteiger partial charge is 0.416 e. The number of nitrogens with one attached hydrogen (secondary N) is 1. The van der Waals surface area contributed by atoms with E-state index in [9.17, 15) is 18.3 Å². The van der Waals surface area contributed by atoms with Gasteiger partial charge in [0.05, 0.1) is 11.7 Å². The van der Waals surface area contributed by atoms with E-state index in [-0.39, 0.29) is 12.1 Å². The summed E-state index contributed by atoms with van der Waals surface area (Å²) in [5, 5.41) is 12.6. The fourth-order valence-electron chi connectivity index (χ4n) is 2.40. The van der Waals surface area contributed by atoms with E-state index in [1.165, 1.54) is 12.1 Å². The topological polar surface area (TPSA) is 32.3 Å². The molecule has 2 rings (SSSR count). The van der Waals surface area contributed by atoms with E-state index in [0.29, 0.717) is 12.1 Å². The van der Waals surface area contributed by atoms with Gasteiger partial charge in [0.25, 0.3) is 0 Å². The van der Waals surface area contributed by atoms with Crippen molar-refractivity contribution in [1.82, 2.24) is 5.32 Å². The van der Waals surface area contributed by atoms with Gasteiger partial charge in [-0.25, -0.2) is 0 Å². The molecule has 0 amide bonds. The van der Waals surface area contributed by atoms with E-state index >= 15 is 0 Å². The lowest BCUT2D eigenvalue weighted by atomic mass is 9.93. The van der Waals surface area contributed by atoms with E-state index in [1.54, 1.807) is 6.07 Å². The smallest absolute Gasteiger partial charge is 0.393 e. The van der Waals surface area contributed by atoms with Gasteiger partial charge >= 0.3 is 6.18 Å². The summed E-state index contributed by atoms with van der Waals surface area (Å²) in [7, 11) is 0. The molecule has 0 atom stereocenters. The van der Waals surface area contributed by atoms with Crippen molar-refractivity contribution in [3.8, 4) is 0 Å². The van der Waals surface area contributed by atoms with Gasteiger partial charge in [-0.3, -0.25) is 0 Å². The minimum atomic E-state index is -4.29. The molecular formula is C14H18F3NO. The summed E-state index contributed by atoms with van der Waals surface area (Å²) in [5.74, 6) is 0. The van der Waals surface area contributed by atoms with Gasteiger partial charge in [-0.05, 0) is 37.3 Å². The maximum absolute atomic E-state index is 12.6. The fraction of sp³-hybridized carbons (Fsp3) is 0.571. The second-order valence-corrected chi connectivity index (χ2v) is 5.08. The van der Waals surface area contributed by atoms with Crippen LogP contribution in [0.3, 0.4) is 0 Å². The molecule has 106 valence electrons. The van der Waals surface area contributed by atoms with Gasteiger partial charge in [0.2, 0.25) is 0 Å². The molecule has 1 aliphatic rings. The second kappa shape index (κ2) is 5.92. The lowest BCUT2D eigenvalue weighted by Crippen LogP contribution is -2.34. The van der Waals surface area contributed by atoms with Crippen LogP contribution >= 0.6 is 0 Å². The highest BCUT2D eigenvalue weighted by atomic mass is 19.4. The Morgan fingerprint density at radius 3 is 2.47 bits per heavy atom. The van der Waals surface area contributed by atoms with Crippen molar-refractivity contribution in [1.29, 1.82) is 0 Å². The molecule has 2 N–H and O–H groups in total. The maximum Gasteiger partial charge on any atom is 0.416 e. The van der Waals surface area contributed by atoms with Crippen molar-refractivity contribution in [3.63, 3.8) is 0 Å². The molecule has 0 unspecified atom stereocenters. The van der Waals surface area contributed by atoms with Crippen LogP contribution in [0.25, 0.3) is 0 Å². The molecule has 0 bridgehead atoms. The monoisotopic (exact) mass is 273 g/mol. The average molecular weight is 273 g/mol. The van der Waals surface area contributed by atoms with Gasteiger partial charge < -0.3 is 10.4 Å². The highest BCUT2D eigenvalue weighted by Gasteiger charge is 2.30. The van der Waals surface area contributed by atoms with Crippen LogP contribution in [0.1, 0.15) is 36.8 Å². The van der Waals surface area contributed by atoms with Crippen molar-refractivity contribution in [2.75, 3.05) is 0 Å². The van der Waals surface area contributed by atoms with E-state index in [1.807, 2.05) is 0 Å². The van der Waals surface area contributed by atoms with Gasteiger partial charge in [0.1, 0.15) is 0 Å². The molecule has 0 spiro atoms. The maximum atomic E-state index is 12.6. The Bertz CT molecular complexity index is 411. The van der Waals surface area contributed by atoms with Crippen molar-refractivity contribution < 1.29 is 18.3 Å². The van der Waals surface area contributed by atoms with Crippen LogP contribution in [0.15, 0.2) is 24.3 Å². The zero-order valence-electron chi connectivity index (χ0n) is 10.6. The lowest BCUT2D eigenvalue weighted by Gasteiger charge is -2.26. The molecule has 0 heterocycles. The quantitative estimate of drug-likeness (QED) is 0.887. The molecule has 1 fully saturated rings. The zero-order chi connectivity index (χ0) is 13.9. The Hall–Kier alpha value is -1.07. The number of hydrogen-bond donors (Lipinski definition) is 2. The standard InChI is InChI=1S/C14H18F3NO/c15-14(16,17)11-3-1-2-10(8-11)9-18-12-4-6-13(19)7-5-12/h1-3,8,12-13,18-19H,4-7,9H2. The first kappa shape index (κ1) is 14.3. The summed E-state index contributed by atoms with van der Waals surface area (Å²) in [6.07, 6.45) is -1.22. The van der Waals surface area contributed by atoms with Crippen LogP contribution in [0.2, 0.25) is 0 Å². The van der Waals surface area contributed by atoms with E-state index in [4.69, 9.17) is 0 Å². The molecular weight excluding hydrogens is 255 g/mol. The Morgan fingerprint density at radius 2 is 1.84 bits per heavy atom. The molecule has 1 aromatic carbocycles. The average Bonchev–Trinajstić information content (AvgIpc) is 2.37. The molecule has 0 radical (unpaired) electrons. The zero-order valence-corrected chi connectivity index (χ0v) is 10.6. The SMILES string of the molecule is OC1CCC(NCc2cccc(C(F)(F)F)c2)CC1. The van der Waals surface area contributed by atoms with E-state index < -0.39 is 11.7 Å². The molecule has 2 nitrogen and oxygen atoms in total. The van der Waals surface area contributed by atoms with Gasteiger partial charge in [-0.15, -0.1) is 0 Å². The van der Waals surface area contributed by atoms with Crippen molar-refractivity contribution in [3.05, 3.63) is 35.4 Å². The molecule has 1 aliphatic carbocycles. The van der Waals surface area contributed by atoms with Crippen LogP contribution in [-0.2, 0) is 12.7 Å². The van der Waals surface area contributed by atoms with Crippen LogP contribution < -0.4 is 5.32 Å². The molecule has 19 heavy (non-hydrogen) atoms. The van der Waals surface area contributed by atoms with Crippen molar-refractivity contribution in [2.45, 2.75) is 50.6 Å². The Labute approximate surface area is 110 Å². The summed E-state index contributed by atoms with van der Waals surface area (Å²) in [4.78, 5) is 0. The summed E-state index contributed by atoms with van der Waals surface area (Å²) < 4.78 is 37.7. The van der Waals surface area contributed by atoms with E-state index in [0.717, 1.165) is 31.7 Å². The number of hydrogen-bond acceptors (Lipinski definition) is 2. The van der Waals surface area contributed by atoms with Crippen LogP contribution in [0.5, 0.6) is 0 Å². The van der Waals surface area contributed by atoms with Gasteiger partial charge in [0, 0.05) is 12.6 Å². The fourth-order valence-corrected chi connectivity index (χ4v) is 2.40. The third kappa shape index (κ3) is 4.21. The van der Waals surface area contributed by atoms with E-state index in [2.05, 4.69) is 5.32 Å². The number of alkyl halides is 3. The molecule has 0 aromatic heterocycles. The number of halogens is 3. The number of rotatable bonds is 3. The van der Waals surface area contributed by atoms with Crippen LogP contribution in [0, 0.1) is 0 Å². The van der Waals surface area contributed by atoms with Crippen molar-refractivity contribution in [2.24, 2.45) is 0 Å². The lowest BCUT2D eigenvalue weighted by molar-refractivity contribution is -0.137. The third-order valence-corrected chi connectivity index (χ3v) is 3.55. The first-order chi connectivity index (χ1) is 8.95. The molecule has 1 aromatic rings. The first-order valence-electron chi connectivity index (χ1n) is 6.53. The highest BCUT2D eigenvalue weighted by Crippen LogP contribution is 2.29. The predicted molar refractivity (Wildman–Crippen MR) is 66.5 cm³/mol. The van der Waals surface area contributed by atoms with Crippen LogP contribution in [0.4, 0.5) is 13.2 Å². The van der Waals surface area contributed by atoms with Gasteiger partial charge in [0.15, 0.2) is 0 Å². The molecule has 0 aliphatic heterocycles. The summed E-state index contributed by atoms with van der Waals surface area (Å²) >= 11 is 0. The Morgan fingerprint density at radius 1 is 1.16 bits per heavy atom. The Balaban J connectivity index is 1.89. The molecule has 5 heteroatoms. The molecule has 0 saturated heterocycles. The Kier molecular flexibility index (Phi) is 4.47. The third-order valence-electron chi connectivity index (χ3n) is 3.55. The summed E-state index contributed by atoms with van der Waals surface area (Å²) in [6, 6.07) is 5.69. The highest BCUT2D eigenvalue weighted by molar-refractivity contribution is 5.25. The summed E-state index contributed by atoms with van der Waals surface area (Å²) in [5.41, 5.74) is 0.0341. The minimum Gasteiger partial charge on any atom is -0.393 e. The number of benzene rings is 1.